The molecule has 0 spiro atoms. The monoisotopic (exact) mass is 357 g/mol. The van der Waals surface area contributed by atoms with E-state index in [9.17, 15) is 8.42 Å². The fourth-order valence-electron chi connectivity index (χ4n) is 1.82. The van der Waals surface area contributed by atoms with Gasteiger partial charge >= 0.3 is 0 Å². The Labute approximate surface area is 144 Å². The fourth-order valence-corrected chi connectivity index (χ4v) is 2.16. The zero-order valence-electron chi connectivity index (χ0n) is 15.1. The Kier molecular flexibility index (Phi) is 6.89. The van der Waals surface area contributed by atoms with Gasteiger partial charge in [0.2, 0.25) is 0 Å². The highest BCUT2D eigenvalue weighted by molar-refractivity contribution is 7.92. The van der Waals surface area contributed by atoms with Gasteiger partial charge in [-0.25, -0.2) is 8.42 Å². The second-order valence-electron chi connectivity index (χ2n) is 6.00. The molecule has 24 heavy (non-hydrogen) atoms. The van der Waals surface area contributed by atoms with Crippen molar-refractivity contribution in [2.75, 3.05) is 34.1 Å². The molecule has 0 aliphatic carbocycles. The van der Waals surface area contributed by atoms with Crippen LogP contribution in [-0.2, 0) is 16.4 Å². The van der Waals surface area contributed by atoms with Crippen LogP contribution in [0.5, 0.6) is 11.5 Å². The molecule has 0 amide bonds. The molecular weight excluding hydrogens is 330 g/mol. The molecule has 0 radical (unpaired) electrons. The average molecular weight is 357 g/mol. The molecule has 1 rings (SSSR count). The van der Waals surface area contributed by atoms with Crippen molar-refractivity contribution in [1.82, 2.24) is 10.6 Å². The normalized spacial score (nSPS) is 12.7. The number of ether oxygens (including phenoxy) is 2. The predicted molar refractivity (Wildman–Crippen MR) is 96.7 cm³/mol. The Balaban J connectivity index is 2.68. The summed E-state index contributed by atoms with van der Waals surface area (Å²) in [7, 11) is 1.65. The van der Waals surface area contributed by atoms with E-state index >= 15 is 0 Å². The number of aliphatic imine (C=N–C) groups is 1. The van der Waals surface area contributed by atoms with E-state index in [1.807, 2.05) is 18.2 Å². The van der Waals surface area contributed by atoms with Gasteiger partial charge < -0.3 is 20.1 Å². The molecule has 2 N–H and O–H groups in total. The lowest BCUT2D eigenvalue weighted by Gasteiger charge is -2.24. The third-order valence-electron chi connectivity index (χ3n) is 3.82. The van der Waals surface area contributed by atoms with E-state index in [-0.39, 0.29) is 6.54 Å². The number of hydrogen-bond acceptors (Lipinski definition) is 5. The molecule has 0 heterocycles. The minimum absolute atomic E-state index is 0.261. The van der Waals surface area contributed by atoms with Crippen LogP contribution in [0.15, 0.2) is 23.2 Å². The first-order chi connectivity index (χ1) is 11.1. The summed E-state index contributed by atoms with van der Waals surface area (Å²) in [5.41, 5.74) is 0.984. The van der Waals surface area contributed by atoms with Crippen molar-refractivity contribution < 1.29 is 17.9 Å². The maximum absolute atomic E-state index is 11.7. The second-order valence-corrected chi connectivity index (χ2v) is 8.65. The highest BCUT2D eigenvalue weighted by atomic mass is 32.2. The van der Waals surface area contributed by atoms with E-state index in [0.717, 1.165) is 5.56 Å². The lowest BCUT2D eigenvalue weighted by atomic mass is 10.2. The highest BCUT2D eigenvalue weighted by Crippen LogP contribution is 2.27. The van der Waals surface area contributed by atoms with Gasteiger partial charge in [0.15, 0.2) is 27.3 Å². The van der Waals surface area contributed by atoms with E-state index in [4.69, 9.17) is 9.47 Å². The van der Waals surface area contributed by atoms with Gasteiger partial charge in [0, 0.05) is 26.4 Å². The predicted octanol–water partition coefficient (Wildman–Crippen LogP) is 1.19. The maximum atomic E-state index is 11.7. The Morgan fingerprint density at radius 2 is 1.79 bits per heavy atom. The fraction of sp³-hybridized carbons (Fsp3) is 0.562. The molecule has 0 fully saturated rings. The molecule has 0 saturated heterocycles. The summed E-state index contributed by atoms with van der Waals surface area (Å²) in [4.78, 5) is 4.11. The van der Waals surface area contributed by atoms with E-state index in [1.54, 1.807) is 35.1 Å². The number of benzene rings is 1. The first-order valence-corrected chi connectivity index (χ1v) is 9.38. The topological polar surface area (TPSA) is 89.0 Å². The summed E-state index contributed by atoms with van der Waals surface area (Å²) in [6.45, 7) is 4.13. The van der Waals surface area contributed by atoms with Crippen molar-refractivity contribution in [3.05, 3.63) is 23.8 Å². The SMILES string of the molecule is CN=C(NCc1ccc(OC)c(OC)c1)NCC(C)(C)S(C)(=O)=O. The third-order valence-corrected chi connectivity index (χ3v) is 5.97. The van der Waals surface area contributed by atoms with Crippen LogP contribution < -0.4 is 20.1 Å². The lowest BCUT2D eigenvalue weighted by molar-refractivity contribution is 0.354. The van der Waals surface area contributed by atoms with E-state index in [2.05, 4.69) is 15.6 Å². The van der Waals surface area contributed by atoms with Crippen molar-refractivity contribution in [2.45, 2.75) is 25.1 Å². The number of guanidine groups is 1. The van der Waals surface area contributed by atoms with Gasteiger partial charge in [0.1, 0.15) is 0 Å². The maximum Gasteiger partial charge on any atom is 0.191 e. The first kappa shape index (κ1) is 20.1. The smallest absolute Gasteiger partial charge is 0.191 e. The number of rotatable bonds is 7. The van der Waals surface area contributed by atoms with Crippen molar-refractivity contribution in [1.29, 1.82) is 0 Å². The van der Waals surface area contributed by atoms with Crippen molar-refractivity contribution in [2.24, 2.45) is 4.99 Å². The van der Waals surface area contributed by atoms with Gasteiger partial charge in [-0.3, -0.25) is 4.99 Å². The molecule has 0 unspecified atom stereocenters. The summed E-state index contributed by atoms with van der Waals surface area (Å²) >= 11 is 0. The highest BCUT2D eigenvalue weighted by Gasteiger charge is 2.30. The molecular formula is C16H27N3O4S. The van der Waals surface area contributed by atoms with Crippen LogP contribution in [0.1, 0.15) is 19.4 Å². The Hall–Kier alpha value is -1.96. The molecule has 0 saturated carbocycles. The van der Waals surface area contributed by atoms with Gasteiger partial charge in [0.25, 0.3) is 0 Å². The van der Waals surface area contributed by atoms with E-state index in [0.29, 0.717) is 24.0 Å². The van der Waals surface area contributed by atoms with Crippen LogP contribution in [0.4, 0.5) is 0 Å². The van der Waals surface area contributed by atoms with Gasteiger partial charge in [-0.1, -0.05) is 6.07 Å². The molecule has 7 nitrogen and oxygen atoms in total. The van der Waals surface area contributed by atoms with Gasteiger partial charge in [0.05, 0.1) is 19.0 Å². The van der Waals surface area contributed by atoms with Crippen LogP contribution in [-0.4, -0.2) is 53.2 Å². The molecule has 136 valence electrons. The van der Waals surface area contributed by atoms with Gasteiger partial charge in [-0.15, -0.1) is 0 Å². The Bertz CT molecular complexity index is 685. The number of nitrogens with zero attached hydrogens (tertiary/aromatic N) is 1. The minimum atomic E-state index is -3.17. The van der Waals surface area contributed by atoms with Crippen LogP contribution >= 0.6 is 0 Å². The van der Waals surface area contributed by atoms with Gasteiger partial charge in [-0.05, 0) is 31.5 Å². The quantitative estimate of drug-likeness (QED) is 0.563. The number of hydrogen-bond donors (Lipinski definition) is 2. The van der Waals surface area contributed by atoms with Crippen LogP contribution in [0.25, 0.3) is 0 Å². The Morgan fingerprint density at radius 1 is 1.17 bits per heavy atom. The van der Waals surface area contributed by atoms with E-state index < -0.39 is 14.6 Å². The molecule has 0 bridgehead atoms. The molecule has 1 aromatic carbocycles. The summed E-state index contributed by atoms with van der Waals surface area (Å²) < 4.78 is 33.1. The van der Waals surface area contributed by atoms with E-state index in [1.165, 1.54) is 6.26 Å². The molecule has 0 aliphatic rings. The van der Waals surface area contributed by atoms with Crippen molar-refractivity contribution >= 4 is 15.8 Å². The molecule has 1 aromatic rings. The summed E-state index contributed by atoms with van der Waals surface area (Å²) in [5.74, 6) is 1.85. The van der Waals surface area contributed by atoms with Crippen LogP contribution in [0.3, 0.4) is 0 Å². The van der Waals surface area contributed by atoms with Crippen LogP contribution in [0.2, 0.25) is 0 Å². The standard InChI is InChI=1S/C16H27N3O4S/c1-16(2,24(6,20)21)11-19-15(17-3)18-10-12-7-8-13(22-4)14(9-12)23-5/h7-9H,10-11H2,1-6H3,(H2,17,18,19). The molecule has 8 heteroatoms. The number of methoxy groups -OCH3 is 2. The first-order valence-electron chi connectivity index (χ1n) is 7.49. The third kappa shape index (κ3) is 5.30. The second kappa shape index (κ2) is 8.23. The summed E-state index contributed by atoms with van der Waals surface area (Å²) in [5, 5.41) is 6.19. The number of nitrogens with one attached hydrogen (secondary N) is 2. The largest absolute Gasteiger partial charge is 0.493 e. The molecule has 0 aromatic heterocycles. The summed E-state index contributed by atoms with van der Waals surface area (Å²) in [6, 6.07) is 5.63. The molecule has 0 aliphatic heterocycles. The zero-order valence-corrected chi connectivity index (χ0v) is 16.0. The number of sulfone groups is 1. The Morgan fingerprint density at radius 3 is 2.29 bits per heavy atom. The minimum Gasteiger partial charge on any atom is -0.493 e. The van der Waals surface area contributed by atoms with Gasteiger partial charge in [-0.2, -0.15) is 0 Å². The van der Waals surface area contributed by atoms with Crippen molar-refractivity contribution in [3.63, 3.8) is 0 Å². The molecule has 0 atom stereocenters. The average Bonchev–Trinajstić information content (AvgIpc) is 2.53. The van der Waals surface area contributed by atoms with Crippen molar-refractivity contribution in [3.8, 4) is 11.5 Å². The lowest BCUT2D eigenvalue weighted by Crippen LogP contribution is -2.47. The van der Waals surface area contributed by atoms with Crippen LogP contribution in [0, 0.1) is 0 Å². The summed E-state index contributed by atoms with van der Waals surface area (Å²) in [6.07, 6.45) is 1.23. The zero-order chi connectivity index (χ0) is 18.4.